The Kier molecular flexibility index (Phi) is 12.2. The minimum atomic E-state index is -1.08. The SMILES string of the molecule is C=C/C(=C(\N=C/C)[C@H](C)OC)c1c2c3cc(ccc3n1CC)-c1nc(nn1C)C[C@H](NC(=O)OC(C)(C)C)C(=O)N1CCC[C@H](N1)C(=O)OCC(C)(C)C2. The number of alkyl carbamates (subject to hydrolysis) is 1. The molecule has 2 aromatic heterocycles. The molecule has 3 aromatic rings. The molecule has 54 heavy (non-hydrogen) atoms. The predicted octanol–water partition coefficient (Wildman–Crippen LogP) is 5.54. The first-order chi connectivity index (χ1) is 25.5. The Hall–Kier alpha value is -4.82. The van der Waals surface area contributed by atoms with Crippen LogP contribution in [0.2, 0.25) is 0 Å². The van der Waals surface area contributed by atoms with Gasteiger partial charge in [0.05, 0.1) is 24.1 Å². The minimum absolute atomic E-state index is 0.0108. The summed E-state index contributed by atoms with van der Waals surface area (Å²) in [5.41, 5.74) is 7.23. The summed E-state index contributed by atoms with van der Waals surface area (Å²) in [6.07, 6.45) is 4.13. The Labute approximate surface area is 318 Å². The number of aromatic nitrogens is 4. The van der Waals surface area contributed by atoms with Gasteiger partial charge in [-0.1, -0.05) is 26.5 Å². The average Bonchev–Trinajstić information content (AvgIpc) is 3.63. The molecule has 0 radical (unpaired) electrons. The average molecular weight is 745 g/mol. The summed E-state index contributed by atoms with van der Waals surface area (Å²) in [5.74, 6) is 0.0695. The molecule has 14 heteroatoms. The van der Waals surface area contributed by atoms with Crippen molar-refractivity contribution in [1.82, 2.24) is 35.1 Å². The molecule has 4 heterocycles. The number of carbonyl (C=O) groups is 3. The standard InChI is InChI=1S/C40H56N8O6/c1-12-26(33(41-13-2)24(4)52-11)34-28-22-40(8,9)23-53-37(50)29-16-15-19-48(44-29)36(49)30(42-38(51)54-39(5,6)7)21-32-43-35(46(10)45-32)25-17-18-31(27(28)20-25)47(34)14-3/h12-13,17-18,20,24,29-30,44H,1,14-16,19,21-23H2,2-11H3,(H,42,51)/b33-26+,41-13-/t24-,29-,30-/m0/s1. The Bertz CT molecular complexity index is 1970. The lowest BCUT2D eigenvalue weighted by Gasteiger charge is -2.35. The van der Waals surface area contributed by atoms with Gasteiger partial charge in [-0.3, -0.25) is 19.6 Å². The van der Waals surface area contributed by atoms with E-state index in [9.17, 15) is 14.4 Å². The maximum absolute atomic E-state index is 14.0. The van der Waals surface area contributed by atoms with Crippen LogP contribution in [0, 0.1) is 5.41 Å². The number of rotatable bonds is 7. The number of hydrogen-bond acceptors (Lipinski definition) is 10. The first-order valence-electron chi connectivity index (χ1n) is 18.7. The number of aliphatic imine (C=N–C) groups is 1. The number of carbonyl (C=O) groups excluding carboxylic acids is 3. The summed E-state index contributed by atoms with van der Waals surface area (Å²) < 4.78 is 21.3. The van der Waals surface area contributed by atoms with Crippen molar-refractivity contribution in [1.29, 1.82) is 0 Å². The van der Waals surface area contributed by atoms with Crippen molar-refractivity contribution in [3.05, 3.63) is 53.6 Å². The molecular weight excluding hydrogens is 688 g/mol. The van der Waals surface area contributed by atoms with Gasteiger partial charge < -0.3 is 24.1 Å². The van der Waals surface area contributed by atoms with Crippen LogP contribution in [-0.2, 0) is 50.2 Å². The van der Waals surface area contributed by atoms with Crippen LogP contribution < -0.4 is 10.7 Å². The number of aryl methyl sites for hydroxylation is 2. The summed E-state index contributed by atoms with van der Waals surface area (Å²) >= 11 is 0. The number of fused-ring (bicyclic) bond motifs is 6. The van der Waals surface area contributed by atoms with Crippen molar-refractivity contribution in [2.24, 2.45) is 17.5 Å². The zero-order chi connectivity index (χ0) is 39.5. The molecule has 0 unspecified atom stereocenters. The predicted molar refractivity (Wildman–Crippen MR) is 209 cm³/mol. The number of cyclic esters (lactones) is 1. The number of hydrogen-bond donors (Lipinski definition) is 2. The zero-order valence-electron chi connectivity index (χ0n) is 33.4. The van der Waals surface area contributed by atoms with Crippen LogP contribution in [0.5, 0.6) is 0 Å². The number of ether oxygens (including phenoxy) is 3. The number of amides is 2. The molecule has 0 aliphatic carbocycles. The van der Waals surface area contributed by atoms with E-state index in [0.29, 0.717) is 44.0 Å². The smallest absolute Gasteiger partial charge is 0.408 e. The van der Waals surface area contributed by atoms with Crippen LogP contribution in [0.4, 0.5) is 4.79 Å². The van der Waals surface area contributed by atoms with E-state index < -0.39 is 41.1 Å². The topological polar surface area (TPSA) is 154 Å². The van der Waals surface area contributed by atoms with Crippen LogP contribution in [0.25, 0.3) is 27.9 Å². The van der Waals surface area contributed by atoms with Crippen molar-refractivity contribution < 1.29 is 28.6 Å². The Morgan fingerprint density at radius 2 is 2.02 bits per heavy atom. The number of hydrazine groups is 1. The summed E-state index contributed by atoms with van der Waals surface area (Å²) in [7, 11) is 3.47. The Balaban J connectivity index is 1.73. The highest BCUT2D eigenvalue weighted by atomic mass is 16.6. The summed E-state index contributed by atoms with van der Waals surface area (Å²) in [6, 6.07) is 4.38. The van der Waals surface area contributed by atoms with E-state index in [4.69, 9.17) is 29.3 Å². The normalized spacial score (nSPS) is 20.7. The fourth-order valence-corrected chi connectivity index (χ4v) is 7.15. The highest BCUT2D eigenvalue weighted by Crippen LogP contribution is 2.40. The van der Waals surface area contributed by atoms with Crippen molar-refractivity contribution in [2.75, 3.05) is 20.3 Å². The summed E-state index contributed by atoms with van der Waals surface area (Å²) in [6.45, 7) is 20.7. The molecule has 6 bridgehead atoms. The summed E-state index contributed by atoms with van der Waals surface area (Å²) in [5, 5.41) is 9.82. The molecule has 2 aliphatic heterocycles. The molecular formula is C40H56N8O6. The van der Waals surface area contributed by atoms with Crippen molar-refractivity contribution in [2.45, 2.75) is 111 Å². The van der Waals surface area contributed by atoms with Gasteiger partial charge in [-0.2, -0.15) is 5.10 Å². The highest BCUT2D eigenvalue weighted by Gasteiger charge is 2.36. The fourth-order valence-electron chi connectivity index (χ4n) is 7.15. The van der Waals surface area contributed by atoms with E-state index in [2.05, 4.69) is 54.8 Å². The lowest BCUT2D eigenvalue weighted by Crippen LogP contribution is -2.60. The van der Waals surface area contributed by atoms with E-state index in [1.807, 2.05) is 33.0 Å². The van der Waals surface area contributed by atoms with Gasteiger partial charge in [0.1, 0.15) is 17.7 Å². The largest absolute Gasteiger partial charge is 0.464 e. The van der Waals surface area contributed by atoms with E-state index >= 15 is 0 Å². The van der Waals surface area contributed by atoms with Gasteiger partial charge >= 0.3 is 12.1 Å². The fraction of sp³-hybridized carbons (Fsp3) is 0.550. The quantitative estimate of drug-likeness (QED) is 0.181. The molecule has 5 rings (SSSR count). The lowest BCUT2D eigenvalue weighted by atomic mass is 9.84. The Morgan fingerprint density at radius 3 is 2.67 bits per heavy atom. The molecule has 1 aromatic carbocycles. The van der Waals surface area contributed by atoms with E-state index in [-0.39, 0.29) is 19.1 Å². The van der Waals surface area contributed by atoms with Gasteiger partial charge in [0.15, 0.2) is 11.6 Å². The van der Waals surface area contributed by atoms with Crippen LogP contribution in [0.3, 0.4) is 0 Å². The second kappa shape index (κ2) is 16.3. The van der Waals surface area contributed by atoms with Gasteiger partial charge in [0.25, 0.3) is 5.91 Å². The van der Waals surface area contributed by atoms with Gasteiger partial charge in [-0.25, -0.2) is 19.9 Å². The molecule has 14 nitrogen and oxygen atoms in total. The lowest BCUT2D eigenvalue weighted by molar-refractivity contribution is -0.155. The third-order valence-corrected chi connectivity index (χ3v) is 9.66. The van der Waals surface area contributed by atoms with E-state index in [1.54, 1.807) is 38.8 Å². The maximum Gasteiger partial charge on any atom is 0.408 e. The molecule has 0 saturated carbocycles. The monoisotopic (exact) mass is 744 g/mol. The molecule has 0 spiro atoms. The van der Waals surface area contributed by atoms with Crippen molar-refractivity contribution >= 4 is 40.7 Å². The number of allylic oxidation sites excluding steroid dienone is 2. The first kappa shape index (κ1) is 40.4. The summed E-state index contributed by atoms with van der Waals surface area (Å²) in [4.78, 5) is 50.4. The van der Waals surface area contributed by atoms with Gasteiger partial charge in [-0.15, -0.1) is 0 Å². The highest BCUT2D eigenvalue weighted by molar-refractivity contribution is 5.95. The Morgan fingerprint density at radius 1 is 1.28 bits per heavy atom. The number of methoxy groups -OCH3 is 1. The second-order valence-electron chi connectivity index (χ2n) is 15.7. The maximum atomic E-state index is 14.0. The van der Waals surface area contributed by atoms with Crippen LogP contribution >= 0.6 is 0 Å². The molecule has 3 atom stereocenters. The van der Waals surface area contributed by atoms with Gasteiger partial charge in [-0.05, 0) is 84.6 Å². The molecule has 2 aliphatic rings. The van der Waals surface area contributed by atoms with E-state index in [1.165, 1.54) is 5.01 Å². The first-order valence-corrected chi connectivity index (χ1v) is 18.7. The van der Waals surface area contributed by atoms with Gasteiger partial charge in [0.2, 0.25) is 0 Å². The molecule has 1 fully saturated rings. The molecule has 2 N–H and O–H groups in total. The van der Waals surface area contributed by atoms with E-state index in [0.717, 1.165) is 39.0 Å². The third-order valence-electron chi connectivity index (χ3n) is 9.66. The second-order valence-corrected chi connectivity index (χ2v) is 15.7. The number of nitrogens with one attached hydrogen (secondary N) is 2. The van der Waals surface area contributed by atoms with Crippen LogP contribution in [0.15, 0.2) is 41.5 Å². The van der Waals surface area contributed by atoms with Crippen molar-refractivity contribution in [3.8, 4) is 11.4 Å². The number of nitrogens with zero attached hydrogens (tertiary/aromatic N) is 6. The molecule has 1 saturated heterocycles. The molecule has 292 valence electrons. The number of benzene rings is 1. The third kappa shape index (κ3) is 8.76. The van der Waals surface area contributed by atoms with Crippen LogP contribution in [-0.4, -0.2) is 92.6 Å². The molecule has 2 amide bonds. The van der Waals surface area contributed by atoms with Crippen LogP contribution in [0.1, 0.15) is 85.3 Å². The number of esters is 1. The van der Waals surface area contributed by atoms with Crippen molar-refractivity contribution in [3.63, 3.8) is 0 Å². The minimum Gasteiger partial charge on any atom is -0.464 e. The zero-order valence-corrected chi connectivity index (χ0v) is 33.4. The van der Waals surface area contributed by atoms with Gasteiger partial charge in [0, 0.05) is 67.3 Å².